The van der Waals surface area contributed by atoms with Crippen LogP contribution in [-0.2, 0) is 0 Å². The molecule has 1 rings (SSSR count). The molecule has 5 heteroatoms. The zero-order valence-corrected chi connectivity index (χ0v) is 8.44. The average molecular weight is 232 g/mol. The quantitative estimate of drug-likeness (QED) is 0.851. The molecule has 0 spiro atoms. The normalized spacial score (nSPS) is 9.80. The van der Waals surface area contributed by atoms with Crippen molar-refractivity contribution < 1.29 is 13.6 Å². The van der Waals surface area contributed by atoms with Gasteiger partial charge < -0.3 is 5.32 Å². The van der Waals surface area contributed by atoms with Crippen molar-refractivity contribution in [2.45, 2.75) is 0 Å². The summed E-state index contributed by atoms with van der Waals surface area (Å²) in [5.41, 5.74) is -0.354. The van der Waals surface area contributed by atoms with Crippen molar-refractivity contribution in [3.63, 3.8) is 0 Å². The van der Waals surface area contributed by atoms with E-state index in [1.54, 1.807) is 0 Å². The highest BCUT2D eigenvalue weighted by molar-refractivity contribution is 6.29. The molecule has 0 bridgehead atoms. The summed E-state index contributed by atoms with van der Waals surface area (Å²) in [6.45, 7) is 3.35. The largest absolute Gasteiger partial charge is 0.347 e. The van der Waals surface area contributed by atoms with Crippen molar-refractivity contribution in [3.8, 4) is 0 Å². The van der Waals surface area contributed by atoms with Gasteiger partial charge in [-0.25, -0.2) is 8.78 Å². The minimum atomic E-state index is -0.783. The maximum absolute atomic E-state index is 13.1. The number of halogens is 3. The average Bonchev–Trinajstić information content (AvgIpc) is 2.18. The van der Waals surface area contributed by atoms with E-state index in [1.165, 1.54) is 0 Å². The molecule has 1 N–H and O–H groups in total. The van der Waals surface area contributed by atoms with Crippen LogP contribution in [0.5, 0.6) is 0 Å². The predicted molar refractivity (Wildman–Crippen MR) is 53.7 cm³/mol. The van der Waals surface area contributed by atoms with Crippen LogP contribution < -0.4 is 5.32 Å². The number of carbonyl (C=O) groups is 1. The maximum Gasteiger partial charge on any atom is 0.254 e. The molecule has 0 aliphatic heterocycles. The van der Waals surface area contributed by atoms with Crippen LogP contribution in [-0.4, -0.2) is 12.5 Å². The molecule has 0 saturated heterocycles. The second-order valence-corrected chi connectivity index (χ2v) is 3.36. The summed E-state index contributed by atoms with van der Waals surface area (Å²) in [5.74, 6) is -2.19. The van der Waals surface area contributed by atoms with E-state index in [0.717, 1.165) is 18.2 Å². The second-order valence-electron chi connectivity index (χ2n) is 2.82. The number of rotatable bonds is 3. The highest BCUT2D eigenvalue weighted by Crippen LogP contribution is 2.09. The van der Waals surface area contributed by atoms with Gasteiger partial charge in [0.05, 0.1) is 12.1 Å². The van der Waals surface area contributed by atoms with E-state index < -0.39 is 17.5 Å². The summed E-state index contributed by atoms with van der Waals surface area (Å²) < 4.78 is 25.8. The van der Waals surface area contributed by atoms with E-state index in [2.05, 4.69) is 11.9 Å². The number of carbonyl (C=O) groups excluding carboxylic acids is 1. The fraction of sp³-hybridized carbons (Fsp3) is 0.100. The molecule has 0 unspecified atom stereocenters. The van der Waals surface area contributed by atoms with Crippen LogP contribution in [0.1, 0.15) is 10.4 Å². The molecule has 0 heterocycles. The first-order valence-corrected chi connectivity index (χ1v) is 4.45. The number of nitrogens with one attached hydrogen (secondary N) is 1. The smallest absolute Gasteiger partial charge is 0.254 e. The van der Waals surface area contributed by atoms with Gasteiger partial charge in [-0.3, -0.25) is 4.79 Å². The molecule has 0 fully saturated rings. The lowest BCUT2D eigenvalue weighted by Crippen LogP contribution is -2.25. The first-order chi connectivity index (χ1) is 7.00. The molecule has 0 aliphatic rings. The Bertz CT molecular complexity index is 406. The molecule has 0 radical (unpaired) electrons. The van der Waals surface area contributed by atoms with Crippen molar-refractivity contribution >= 4 is 17.5 Å². The summed E-state index contributed by atoms with van der Waals surface area (Å²) in [4.78, 5) is 11.3. The molecule has 0 aliphatic carbocycles. The minimum absolute atomic E-state index is 0.0103. The lowest BCUT2D eigenvalue weighted by Gasteiger charge is -2.04. The number of hydrogen-bond donors (Lipinski definition) is 1. The summed E-state index contributed by atoms with van der Waals surface area (Å²) in [5, 5.41) is 2.50. The lowest BCUT2D eigenvalue weighted by atomic mass is 10.2. The van der Waals surface area contributed by atoms with E-state index in [-0.39, 0.29) is 17.1 Å². The first kappa shape index (κ1) is 11.7. The summed E-state index contributed by atoms with van der Waals surface area (Å²) >= 11 is 5.40. The highest BCUT2D eigenvalue weighted by atomic mass is 35.5. The van der Waals surface area contributed by atoms with E-state index in [9.17, 15) is 13.6 Å². The van der Waals surface area contributed by atoms with Gasteiger partial charge in [-0.15, -0.1) is 0 Å². The van der Waals surface area contributed by atoms with Gasteiger partial charge in [-0.05, 0) is 18.2 Å². The van der Waals surface area contributed by atoms with Crippen molar-refractivity contribution in [2.75, 3.05) is 6.54 Å². The molecular weight excluding hydrogens is 224 g/mol. The van der Waals surface area contributed by atoms with Crippen molar-refractivity contribution in [3.05, 3.63) is 47.0 Å². The van der Waals surface area contributed by atoms with Crippen LogP contribution in [0.4, 0.5) is 8.78 Å². The van der Waals surface area contributed by atoms with Crippen LogP contribution in [0.15, 0.2) is 29.8 Å². The van der Waals surface area contributed by atoms with Gasteiger partial charge in [0.25, 0.3) is 5.91 Å². The molecule has 0 saturated carbocycles. The Kier molecular flexibility index (Phi) is 3.80. The molecule has 0 aromatic heterocycles. The van der Waals surface area contributed by atoms with E-state index in [1.807, 2.05) is 0 Å². The summed E-state index contributed by atoms with van der Waals surface area (Å²) in [6.07, 6.45) is 0. The predicted octanol–water partition coefficient (Wildman–Crippen LogP) is 2.45. The first-order valence-electron chi connectivity index (χ1n) is 4.07. The van der Waals surface area contributed by atoms with E-state index >= 15 is 0 Å². The molecule has 1 aromatic carbocycles. The molecule has 80 valence electrons. The second kappa shape index (κ2) is 4.89. The lowest BCUT2D eigenvalue weighted by molar-refractivity contribution is 0.0953. The van der Waals surface area contributed by atoms with Gasteiger partial charge in [0.1, 0.15) is 11.6 Å². The van der Waals surface area contributed by atoms with Crippen LogP contribution in [0.3, 0.4) is 0 Å². The molecular formula is C10H8ClF2NO. The molecule has 1 amide bonds. The van der Waals surface area contributed by atoms with E-state index in [0.29, 0.717) is 0 Å². The van der Waals surface area contributed by atoms with Gasteiger partial charge in [0.15, 0.2) is 0 Å². The number of amides is 1. The SMILES string of the molecule is C=C(Cl)CNC(=O)c1cc(F)ccc1F. The monoisotopic (exact) mass is 231 g/mol. The Morgan fingerprint density at radius 1 is 1.47 bits per heavy atom. The highest BCUT2D eigenvalue weighted by Gasteiger charge is 2.12. The third-order valence-corrected chi connectivity index (χ3v) is 1.75. The van der Waals surface area contributed by atoms with Gasteiger partial charge in [0, 0.05) is 5.03 Å². The Balaban J connectivity index is 2.81. The van der Waals surface area contributed by atoms with Crippen molar-refractivity contribution in [2.24, 2.45) is 0 Å². The van der Waals surface area contributed by atoms with Gasteiger partial charge in [0.2, 0.25) is 0 Å². The fourth-order valence-electron chi connectivity index (χ4n) is 0.943. The van der Waals surface area contributed by atoms with Gasteiger partial charge in [-0.2, -0.15) is 0 Å². The van der Waals surface area contributed by atoms with Gasteiger partial charge >= 0.3 is 0 Å². The standard InChI is InChI=1S/C10H8ClF2NO/c1-6(11)5-14-10(15)8-4-7(12)2-3-9(8)13/h2-4H,1,5H2,(H,14,15). The Morgan fingerprint density at radius 2 is 2.13 bits per heavy atom. The summed E-state index contributed by atoms with van der Waals surface area (Å²) in [7, 11) is 0. The zero-order valence-electron chi connectivity index (χ0n) is 7.69. The Hall–Kier alpha value is -1.42. The molecule has 1 aromatic rings. The van der Waals surface area contributed by atoms with Crippen LogP contribution in [0.2, 0.25) is 0 Å². The van der Waals surface area contributed by atoms with Crippen LogP contribution >= 0.6 is 11.6 Å². The maximum atomic E-state index is 13.1. The van der Waals surface area contributed by atoms with Gasteiger partial charge in [-0.1, -0.05) is 18.2 Å². The Morgan fingerprint density at radius 3 is 2.73 bits per heavy atom. The van der Waals surface area contributed by atoms with Crippen molar-refractivity contribution in [1.29, 1.82) is 0 Å². The number of hydrogen-bond acceptors (Lipinski definition) is 1. The number of benzene rings is 1. The third-order valence-electron chi connectivity index (χ3n) is 1.61. The third kappa shape index (κ3) is 3.32. The minimum Gasteiger partial charge on any atom is -0.347 e. The van der Waals surface area contributed by atoms with Crippen LogP contribution in [0.25, 0.3) is 0 Å². The molecule has 0 atom stereocenters. The summed E-state index contributed by atoms with van der Waals surface area (Å²) in [6, 6.07) is 2.65. The fourth-order valence-corrected chi connectivity index (χ4v) is 1.01. The zero-order chi connectivity index (χ0) is 11.4. The molecule has 15 heavy (non-hydrogen) atoms. The molecule has 2 nitrogen and oxygen atoms in total. The van der Waals surface area contributed by atoms with Crippen molar-refractivity contribution in [1.82, 2.24) is 5.32 Å². The topological polar surface area (TPSA) is 29.1 Å². The van der Waals surface area contributed by atoms with E-state index in [4.69, 9.17) is 11.6 Å². The van der Waals surface area contributed by atoms with Crippen LogP contribution in [0, 0.1) is 11.6 Å². The Labute approximate surface area is 90.5 Å².